The third-order valence-corrected chi connectivity index (χ3v) is 3.15. The van der Waals surface area contributed by atoms with E-state index in [1.54, 1.807) is 43.3 Å². The van der Waals surface area contributed by atoms with Crippen LogP contribution in [0.3, 0.4) is 0 Å². The van der Waals surface area contributed by atoms with Crippen molar-refractivity contribution in [3.63, 3.8) is 0 Å². The van der Waals surface area contributed by atoms with Crippen molar-refractivity contribution in [1.82, 2.24) is 10.3 Å². The summed E-state index contributed by atoms with van der Waals surface area (Å²) in [4.78, 5) is 15.9. The molecule has 0 unspecified atom stereocenters. The van der Waals surface area contributed by atoms with Crippen LogP contribution in [0.4, 0.5) is 10.6 Å². The summed E-state index contributed by atoms with van der Waals surface area (Å²) in [5, 5.41) is 5.86. The van der Waals surface area contributed by atoms with Crippen LogP contribution >= 0.6 is 11.6 Å². The van der Waals surface area contributed by atoms with Gasteiger partial charge in [-0.3, -0.25) is 5.32 Å². The number of amides is 1. The van der Waals surface area contributed by atoms with Gasteiger partial charge in [0, 0.05) is 11.2 Å². The van der Waals surface area contributed by atoms with E-state index in [1.165, 1.54) is 6.20 Å². The lowest BCUT2D eigenvalue weighted by molar-refractivity contribution is -0.0772. The minimum absolute atomic E-state index is 0.213. The van der Waals surface area contributed by atoms with Crippen LogP contribution in [0.2, 0.25) is 5.02 Å². The average Bonchev–Trinajstić information content (AvgIpc) is 2.84. The number of carbonyl (C=O) groups is 1. The molecule has 0 saturated heterocycles. The van der Waals surface area contributed by atoms with Gasteiger partial charge in [0.15, 0.2) is 11.5 Å². The molecular weight excluding hydrogens is 322 g/mol. The molecule has 120 valence electrons. The Morgan fingerprint density at radius 1 is 1.30 bits per heavy atom. The van der Waals surface area contributed by atoms with Gasteiger partial charge in [0.1, 0.15) is 5.82 Å². The van der Waals surface area contributed by atoms with Crippen LogP contribution < -0.4 is 20.1 Å². The number of anilines is 1. The van der Waals surface area contributed by atoms with Crippen LogP contribution in [-0.4, -0.2) is 23.7 Å². The van der Waals surface area contributed by atoms with E-state index in [0.29, 0.717) is 22.3 Å². The standard InChI is InChI=1S/C15H14ClN3O4/c1-2-21-14(20)19-15(18-13-9-10(16)7-8-17-13)22-11-5-3-4-6-12(11)23-15/h3-9H,2H2,1H3,(H,17,18)(H,19,20). The highest BCUT2D eigenvalue weighted by Crippen LogP contribution is 2.38. The van der Waals surface area contributed by atoms with Crippen LogP contribution in [0.1, 0.15) is 6.92 Å². The predicted octanol–water partition coefficient (Wildman–Crippen LogP) is 2.98. The molecule has 3 rings (SSSR count). The van der Waals surface area contributed by atoms with Crippen molar-refractivity contribution in [2.75, 3.05) is 11.9 Å². The number of hydrogen-bond donors (Lipinski definition) is 2. The number of fused-ring (bicyclic) bond motifs is 1. The zero-order valence-corrected chi connectivity index (χ0v) is 13.0. The first kappa shape index (κ1) is 15.2. The van der Waals surface area contributed by atoms with E-state index < -0.39 is 12.1 Å². The maximum Gasteiger partial charge on any atom is 0.436 e. The minimum Gasteiger partial charge on any atom is -0.450 e. The quantitative estimate of drug-likeness (QED) is 0.836. The molecule has 1 aromatic carbocycles. The van der Waals surface area contributed by atoms with Gasteiger partial charge in [0.2, 0.25) is 0 Å². The van der Waals surface area contributed by atoms with E-state index in [9.17, 15) is 4.79 Å². The Morgan fingerprint density at radius 3 is 2.61 bits per heavy atom. The zero-order valence-electron chi connectivity index (χ0n) is 12.2. The first-order chi connectivity index (χ1) is 11.1. The minimum atomic E-state index is -1.67. The highest BCUT2D eigenvalue weighted by Gasteiger charge is 2.45. The molecule has 1 amide bonds. The highest BCUT2D eigenvalue weighted by atomic mass is 35.5. The first-order valence-electron chi connectivity index (χ1n) is 6.92. The smallest absolute Gasteiger partial charge is 0.436 e. The summed E-state index contributed by atoms with van der Waals surface area (Å²) < 4.78 is 16.3. The van der Waals surface area contributed by atoms with Crippen molar-refractivity contribution < 1.29 is 19.0 Å². The van der Waals surface area contributed by atoms with Crippen molar-refractivity contribution >= 4 is 23.5 Å². The van der Waals surface area contributed by atoms with Crippen LogP contribution in [0.5, 0.6) is 11.5 Å². The van der Waals surface area contributed by atoms with Gasteiger partial charge in [-0.15, -0.1) is 0 Å². The van der Waals surface area contributed by atoms with E-state index >= 15 is 0 Å². The summed E-state index contributed by atoms with van der Waals surface area (Å²) in [5.74, 6) is 1.31. The molecule has 7 nitrogen and oxygen atoms in total. The molecule has 1 aliphatic rings. The van der Waals surface area contributed by atoms with Crippen molar-refractivity contribution in [2.45, 2.75) is 13.0 Å². The van der Waals surface area contributed by atoms with Crippen molar-refractivity contribution in [3.05, 3.63) is 47.6 Å². The topological polar surface area (TPSA) is 81.7 Å². The van der Waals surface area contributed by atoms with Crippen LogP contribution in [-0.2, 0) is 4.74 Å². The number of ether oxygens (including phenoxy) is 3. The predicted molar refractivity (Wildman–Crippen MR) is 83.5 cm³/mol. The number of nitrogens with zero attached hydrogens (tertiary/aromatic N) is 1. The fraction of sp³-hybridized carbons (Fsp3) is 0.200. The third-order valence-electron chi connectivity index (χ3n) is 2.91. The molecule has 0 saturated carbocycles. The Hall–Kier alpha value is -2.67. The number of para-hydroxylation sites is 2. The summed E-state index contributed by atoms with van der Waals surface area (Å²) in [6, 6.07) is 8.55. The van der Waals surface area contributed by atoms with Crippen LogP contribution in [0, 0.1) is 0 Å². The highest BCUT2D eigenvalue weighted by molar-refractivity contribution is 6.30. The lowest BCUT2D eigenvalue weighted by Gasteiger charge is -2.28. The van der Waals surface area contributed by atoms with E-state index in [-0.39, 0.29) is 6.61 Å². The molecule has 8 heteroatoms. The molecule has 1 aliphatic heterocycles. The number of alkyl carbamates (subject to hydrolysis) is 1. The number of rotatable bonds is 4. The molecule has 0 bridgehead atoms. The van der Waals surface area contributed by atoms with E-state index in [1.807, 2.05) is 0 Å². The van der Waals surface area contributed by atoms with Crippen molar-refractivity contribution in [3.8, 4) is 11.5 Å². The molecule has 1 aromatic heterocycles. The maximum absolute atomic E-state index is 11.8. The van der Waals surface area contributed by atoms with Crippen LogP contribution in [0.15, 0.2) is 42.6 Å². The Labute approximate surface area is 137 Å². The number of pyridine rings is 1. The molecule has 2 heterocycles. The molecule has 0 atom stereocenters. The molecule has 2 aromatic rings. The van der Waals surface area contributed by atoms with Crippen molar-refractivity contribution in [1.29, 1.82) is 0 Å². The molecule has 0 fully saturated rings. The largest absolute Gasteiger partial charge is 0.450 e. The second kappa shape index (κ2) is 6.21. The molecule has 0 aliphatic carbocycles. The Balaban J connectivity index is 1.87. The van der Waals surface area contributed by atoms with Gasteiger partial charge in [-0.05, 0) is 31.2 Å². The summed E-state index contributed by atoms with van der Waals surface area (Å²) in [6.07, 6.45) is 0.819. The Kier molecular flexibility index (Phi) is 4.12. The number of nitrogens with one attached hydrogen (secondary N) is 2. The fourth-order valence-corrected chi connectivity index (χ4v) is 2.19. The van der Waals surface area contributed by atoms with Gasteiger partial charge < -0.3 is 14.2 Å². The monoisotopic (exact) mass is 335 g/mol. The Morgan fingerprint density at radius 2 is 2.00 bits per heavy atom. The second-order valence-corrected chi connectivity index (χ2v) is 5.03. The summed E-state index contributed by atoms with van der Waals surface area (Å²) in [5.41, 5.74) is 0. The molecule has 23 heavy (non-hydrogen) atoms. The van der Waals surface area contributed by atoms with E-state index in [0.717, 1.165) is 0 Å². The SMILES string of the molecule is CCOC(=O)NC1(Nc2cc(Cl)ccn2)Oc2ccccc2O1. The van der Waals surface area contributed by atoms with Gasteiger partial charge in [-0.1, -0.05) is 23.7 Å². The number of hydrogen-bond acceptors (Lipinski definition) is 6. The third kappa shape index (κ3) is 3.40. The zero-order chi connectivity index (χ0) is 16.3. The fourth-order valence-electron chi connectivity index (χ4n) is 2.03. The number of aromatic nitrogens is 1. The van der Waals surface area contributed by atoms with E-state index in [4.69, 9.17) is 25.8 Å². The van der Waals surface area contributed by atoms with Gasteiger partial charge in [0.25, 0.3) is 0 Å². The number of benzene rings is 1. The summed E-state index contributed by atoms with van der Waals surface area (Å²) in [6.45, 7) is 1.91. The van der Waals surface area contributed by atoms with E-state index in [2.05, 4.69) is 15.6 Å². The maximum atomic E-state index is 11.8. The summed E-state index contributed by atoms with van der Waals surface area (Å²) >= 11 is 5.95. The number of halogens is 1. The first-order valence-corrected chi connectivity index (χ1v) is 7.30. The van der Waals surface area contributed by atoms with Gasteiger partial charge in [-0.25, -0.2) is 15.1 Å². The molecule has 0 spiro atoms. The average molecular weight is 336 g/mol. The number of carbonyl (C=O) groups excluding carboxylic acids is 1. The Bertz CT molecular complexity index is 700. The normalized spacial score (nSPS) is 14.2. The van der Waals surface area contributed by atoms with Gasteiger partial charge in [0.05, 0.1) is 6.61 Å². The van der Waals surface area contributed by atoms with Crippen molar-refractivity contribution in [2.24, 2.45) is 0 Å². The second-order valence-electron chi connectivity index (χ2n) is 4.60. The molecular formula is C15H14ClN3O4. The van der Waals surface area contributed by atoms with Crippen LogP contribution in [0.25, 0.3) is 0 Å². The molecule has 0 radical (unpaired) electrons. The van der Waals surface area contributed by atoms with Gasteiger partial charge >= 0.3 is 12.1 Å². The summed E-state index contributed by atoms with van der Waals surface area (Å²) in [7, 11) is 0. The lowest BCUT2D eigenvalue weighted by atomic mass is 10.3. The lowest BCUT2D eigenvalue weighted by Crippen LogP contribution is -2.61. The molecule has 2 N–H and O–H groups in total. The van der Waals surface area contributed by atoms with Gasteiger partial charge in [-0.2, -0.15) is 0 Å².